The Morgan fingerprint density at radius 3 is 1.51 bits per heavy atom. The highest BCUT2D eigenvalue weighted by Gasteiger charge is 2.43. The van der Waals surface area contributed by atoms with E-state index in [9.17, 15) is 0 Å². The quantitative estimate of drug-likeness (QED) is 0.165. The summed E-state index contributed by atoms with van der Waals surface area (Å²) in [4.78, 5) is 2.50. The van der Waals surface area contributed by atoms with Crippen LogP contribution in [0.15, 0.2) is 127 Å². The van der Waals surface area contributed by atoms with E-state index in [-0.39, 0.29) is 10.8 Å². The standard InChI is InChI=1S/C54H45N/c1-30-16-21-37(24-32(30)3)55(38-22-17-31(2)33(4)25-38)48-29-47-51(40-15-10-9-14-39(40)48)42-27-45-43(28-44(42)54(47,7)8)52-41-23-20-35-13-11-12-34-18-19-36(50(41)49(34)35)26-46(52)53(45,5)6/h9-29H,1-8H3. The number of hydrogen-bond acceptors (Lipinski definition) is 1. The van der Waals surface area contributed by atoms with Gasteiger partial charge in [0.15, 0.2) is 0 Å². The van der Waals surface area contributed by atoms with Crippen LogP contribution >= 0.6 is 0 Å². The maximum Gasteiger partial charge on any atom is 0.0543 e. The third kappa shape index (κ3) is 4.25. The average molecular weight is 708 g/mol. The molecule has 1 heteroatoms. The van der Waals surface area contributed by atoms with Crippen LogP contribution in [0.4, 0.5) is 17.1 Å². The maximum atomic E-state index is 2.59. The first-order valence-corrected chi connectivity index (χ1v) is 19.8. The number of rotatable bonds is 3. The molecule has 55 heavy (non-hydrogen) atoms. The Morgan fingerprint density at radius 1 is 0.382 bits per heavy atom. The lowest BCUT2D eigenvalue weighted by molar-refractivity contribution is 0.652. The van der Waals surface area contributed by atoms with Gasteiger partial charge in [0.2, 0.25) is 0 Å². The molecular formula is C54H45N. The fraction of sp³-hybridized carbons (Fsp3) is 0.185. The van der Waals surface area contributed by atoms with Gasteiger partial charge < -0.3 is 4.90 Å². The zero-order chi connectivity index (χ0) is 37.7. The molecule has 2 aliphatic carbocycles. The molecule has 0 N–H and O–H groups in total. The van der Waals surface area contributed by atoms with Crippen molar-refractivity contribution in [2.24, 2.45) is 0 Å². The summed E-state index contributed by atoms with van der Waals surface area (Å²) >= 11 is 0. The second-order valence-corrected chi connectivity index (χ2v) is 17.6. The van der Waals surface area contributed by atoms with E-state index in [1.54, 1.807) is 0 Å². The normalized spacial score (nSPS) is 14.8. The van der Waals surface area contributed by atoms with Crippen molar-refractivity contribution in [3.05, 3.63) is 172 Å². The zero-order valence-corrected chi connectivity index (χ0v) is 33.1. The number of nitrogens with zero attached hydrogens (tertiary/aromatic N) is 1. The second-order valence-electron chi connectivity index (χ2n) is 17.6. The van der Waals surface area contributed by atoms with E-state index in [2.05, 4.69) is 188 Å². The molecule has 0 spiro atoms. The van der Waals surface area contributed by atoms with Crippen molar-refractivity contribution >= 4 is 60.2 Å². The lowest BCUT2D eigenvalue weighted by atomic mass is 9.79. The summed E-state index contributed by atoms with van der Waals surface area (Å²) in [6.45, 7) is 18.6. The van der Waals surface area contributed by atoms with Crippen molar-refractivity contribution in [3.63, 3.8) is 0 Å². The van der Waals surface area contributed by atoms with E-state index in [1.165, 1.54) is 127 Å². The first kappa shape index (κ1) is 32.5. The Morgan fingerprint density at radius 2 is 0.909 bits per heavy atom. The van der Waals surface area contributed by atoms with E-state index in [4.69, 9.17) is 0 Å². The van der Waals surface area contributed by atoms with Crippen LogP contribution in [0.2, 0.25) is 0 Å². The molecule has 0 atom stereocenters. The minimum Gasteiger partial charge on any atom is -0.310 e. The average Bonchev–Trinajstić information content (AvgIpc) is 3.54. The predicted octanol–water partition coefficient (Wildman–Crippen LogP) is 15.1. The Kier molecular flexibility index (Phi) is 6.42. The van der Waals surface area contributed by atoms with Gasteiger partial charge in [-0.15, -0.1) is 0 Å². The van der Waals surface area contributed by atoms with Crippen LogP contribution in [0.1, 0.15) is 72.2 Å². The lowest BCUT2D eigenvalue weighted by Crippen LogP contribution is -2.18. The smallest absolute Gasteiger partial charge is 0.0543 e. The molecule has 0 radical (unpaired) electrons. The Balaban J connectivity index is 1.18. The van der Waals surface area contributed by atoms with Crippen LogP contribution in [0.5, 0.6) is 0 Å². The molecule has 9 aromatic rings. The molecule has 0 fully saturated rings. The van der Waals surface area contributed by atoms with Crippen LogP contribution in [-0.4, -0.2) is 0 Å². The van der Waals surface area contributed by atoms with Crippen LogP contribution < -0.4 is 4.90 Å². The molecule has 11 rings (SSSR count). The number of benzene rings is 9. The molecule has 9 aromatic carbocycles. The van der Waals surface area contributed by atoms with Gasteiger partial charge in [0.25, 0.3) is 0 Å². The van der Waals surface area contributed by atoms with Gasteiger partial charge in [-0.25, -0.2) is 0 Å². The van der Waals surface area contributed by atoms with Gasteiger partial charge in [-0.2, -0.15) is 0 Å². The number of anilines is 3. The summed E-state index contributed by atoms with van der Waals surface area (Å²) in [6, 6.07) is 49.3. The van der Waals surface area contributed by atoms with Gasteiger partial charge in [0, 0.05) is 27.6 Å². The second kappa shape index (κ2) is 10.9. The summed E-state index contributed by atoms with van der Waals surface area (Å²) in [5.41, 5.74) is 19.7. The molecule has 2 aliphatic rings. The number of fused-ring (bicyclic) bond motifs is 9. The molecule has 0 unspecified atom stereocenters. The summed E-state index contributed by atoms with van der Waals surface area (Å²) in [7, 11) is 0. The Bertz CT molecular complexity index is 3070. The molecule has 0 saturated carbocycles. The van der Waals surface area contributed by atoms with Gasteiger partial charge >= 0.3 is 0 Å². The summed E-state index contributed by atoms with van der Waals surface area (Å²) in [6.07, 6.45) is 0. The molecule has 0 aromatic heterocycles. The number of hydrogen-bond donors (Lipinski definition) is 0. The molecule has 1 nitrogen and oxygen atoms in total. The first-order chi connectivity index (χ1) is 26.4. The van der Waals surface area contributed by atoms with Crippen molar-refractivity contribution in [3.8, 4) is 22.3 Å². The zero-order valence-electron chi connectivity index (χ0n) is 33.1. The summed E-state index contributed by atoms with van der Waals surface area (Å²) < 4.78 is 0. The largest absolute Gasteiger partial charge is 0.310 e. The molecular weight excluding hydrogens is 663 g/mol. The summed E-state index contributed by atoms with van der Waals surface area (Å²) in [5.74, 6) is 0. The van der Waals surface area contributed by atoms with Crippen LogP contribution in [0.3, 0.4) is 0 Å². The highest BCUT2D eigenvalue weighted by molar-refractivity contribution is 6.26. The highest BCUT2D eigenvalue weighted by atomic mass is 15.1. The lowest BCUT2D eigenvalue weighted by Gasteiger charge is -2.30. The van der Waals surface area contributed by atoms with E-state index in [1.807, 2.05) is 0 Å². The fourth-order valence-electron chi connectivity index (χ4n) is 10.4. The molecule has 0 amide bonds. The van der Waals surface area contributed by atoms with Gasteiger partial charge in [-0.05, 0) is 181 Å². The van der Waals surface area contributed by atoms with E-state index in [0.717, 1.165) is 0 Å². The van der Waals surface area contributed by atoms with Gasteiger partial charge in [0.1, 0.15) is 0 Å². The van der Waals surface area contributed by atoms with E-state index < -0.39 is 0 Å². The van der Waals surface area contributed by atoms with Crippen LogP contribution in [-0.2, 0) is 10.8 Å². The minimum absolute atomic E-state index is 0.143. The predicted molar refractivity (Wildman–Crippen MR) is 236 cm³/mol. The molecule has 266 valence electrons. The third-order valence-electron chi connectivity index (χ3n) is 13.8. The Hall–Kier alpha value is -5.92. The molecule has 0 aliphatic heterocycles. The van der Waals surface area contributed by atoms with Crippen molar-refractivity contribution in [1.82, 2.24) is 0 Å². The van der Waals surface area contributed by atoms with Crippen molar-refractivity contribution in [2.45, 2.75) is 66.2 Å². The first-order valence-electron chi connectivity index (χ1n) is 19.8. The summed E-state index contributed by atoms with van der Waals surface area (Å²) in [5, 5.41) is 10.7. The van der Waals surface area contributed by atoms with E-state index >= 15 is 0 Å². The molecule has 0 saturated heterocycles. The van der Waals surface area contributed by atoms with Gasteiger partial charge in [-0.1, -0.05) is 107 Å². The SMILES string of the molecule is Cc1ccc(N(c2ccc(C)c(C)c2)c2cc3c(c4ccccc24)-c2cc4c(cc2C3(C)C)-c2c(cc3ccc5cccc6ccc2c3c56)C4(C)C)cc1C. The van der Waals surface area contributed by atoms with Crippen molar-refractivity contribution in [2.75, 3.05) is 4.90 Å². The topological polar surface area (TPSA) is 3.24 Å². The van der Waals surface area contributed by atoms with Crippen molar-refractivity contribution < 1.29 is 0 Å². The van der Waals surface area contributed by atoms with Gasteiger partial charge in [0.05, 0.1) is 5.69 Å². The number of aryl methyl sites for hydroxylation is 4. The third-order valence-corrected chi connectivity index (χ3v) is 13.8. The molecule has 0 heterocycles. The monoisotopic (exact) mass is 707 g/mol. The fourth-order valence-corrected chi connectivity index (χ4v) is 10.4. The van der Waals surface area contributed by atoms with Crippen LogP contribution in [0.25, 0.3) is 65.3 Å². The maximum absolute atomic E-state index is 2.59. The Labute approximate surface area is 324 Å². The van der Waals surface area contributed by atoms with Crippen molar-refractivity contribution in [1.29, 1.82) is 0 Å². The minimum atomic E-state index is -0.215. The molecule has 0 bridgehead atoms. The van der Waals surface area contributed by atoms with Crippen LogP contribution in [0, 0.1) is 27.7 Å². The van der Waals surface area contributed by atoms with Gasteiger partial charge in [-0.3, -0.25) is 0 Å². The highest BCUT2D eigenvalue weighted by Crippen LogP contribution is 2.60. The van der Waals surface area contributed by atoms with E-state index in [0.29, 0.717) is 0 Å².